The maximum absolute atomic E-state index is 12.8. The van der Waals surface area contributed by atoms with Crippen LogP contribution < -0.4 is 10.5 Å². The lowest BCUT2D eigenvalue weighted by Crippen LogP contribution is -1.94. The van der Waals surface area contributed by atoms with Gasteiger partial charge in [-0.25, -0.2) is 4.39 Å². The van der Waals surface area contributed by atoms with E-state index in [2.05, 4.69) is 15.9 Å². The molecule has 0 heterocycles. The zero-order valence-corrected chi connectivity index (χ0v) is 7.48. The zero-order valence-electron chi connectivity index (χ0n) is 5.90. The summed E-state index contributed by atoms with van der Waals surface area (Å²) in [6, 6.07) is 2.74. The topological polar surface area (TPSA) is 35.2 Å². The van der Waals surface area contributed by atoms with Gasteiger partial charge in [-0.3, -0.25) is 0 Å². The van der Waals surface area contributed by atoms with Crippen LogP contribution in [0, 0.1) is 5.82 Å². The predicted octanol–water partition coefficient (Wildman–Crippen LogP) is 2.18. The fourth-order valence-corrected chi connectivity index (χ4v) is 1.28. The highest BCUT2D eigenvalue weighted by molar-refractivity contribution is 9.10. The van der Waals surface area contributed by atoms with Crippen molar-refractivity contribution in [1.82, 2.24) is 0 Å². The van der Waals surface area contributed by atoms with Gasteiger partial charge in [0.15, 0.2) is 5.75 Å². The third-order valence-electron chi connectivity index (χ3n) is 1.28. The molecule has 11 heavy (non-hydrogen) atoms. The molecule has 0 saturated heterocycles. The Morgan fingerprint density at radius 2 is 2.18 bits per heavy atom. The first kappa shape index (κ1) is 8.33. The molecule has 2 nitrogen and oxygen atoms in total. The quantitative estimate of drug-likeness (QED) is 0.736. The second-order valence-corrected chi connectivity index (χ2v) is 2.78. The summed E-state index contributed by atoms with van der Waals surface area (Å²) in [6.45, 7) is 0. The van der Waals surface area contributed by atoms with Gasteiger partial charge in [-0.1, -0.05) is 0 Å². The third kappa shape index (κ3) is 1.45. The fourth-order valence-electron chi connectivity index (χ4n) is 0.754. The van der Waals surface area contributed by atoms with Crippen LogP contribution in [0.3, 0.4) is 0 Å². The van der Waals surface area contributed by atoms with E-state index < -0.39 is 0 Å². The van der Waals surface area contributed by atoms with Crippen molar-refractivity contribution in [3.63, 3.8) is 0 Å². The van der Waals surface area contributed by atoms with Crippen LogP contribution in [0.25, 0.3) is 0 Å². The third-order valence-corrected chi connectivity index (χ3v) is 2.02. The summed E-state index contributed by atoms with van der Waals surface area (Å²) in [4.78, 5) is 0. The zero-order chi connectivity index (χ0) is 8.43. The van der Waals surface area contributed by atoms with Crippen molar-refractivity contribution in [2.75, 3.05) is 12.8 Å². The van der Waals surface area contributed by atoms with E-state index in [1.165, 1.54) is 19.2 Å². The molecule has 1 aromatic carbocycles. The molecular weight excluding hydrogens is 213 g/mol. The van der Waals surface area contributed by atoms with Crippen molar-refractivity contribution < 1.29 is 9.13 Å². The average molecular weight is 220 g/mol. The van der Waals surface area contributed by atoms with Gasteiger partial charge in [0.2, 0.25) is 0 Å². The molecule has 0 radical (unpaired) electrons. The average Bonchev–Trinajstić information content (AvgIpc) is 1.99. The number of nitrogens with two attached hydrogens (primary N) is 1. The maximum Gasteiger partial charge on any atom is 0.158 e. The van der Waals surface area contributed by atoms with E-state index in [4.69, 9.17) is 10.5 Å². The Hall–Kier alpha value is -0.770. The van der Waals surface area contributed by atoms with Gasteiger partial charge in [0.05, 0.1) is 17.3 Å². The Balaban J connectivity index is 3.29. The Kier molecular flexibility index (Phi) is 2.34. The van der Waals surface area contributed by atoms with Crippen LogP contribution in [0.1, 0.15) is 0 Å². The summed E-state index contributed by atoms with van der Waals surface area (Å²) < 4.78 is 17.9. The van der Waals surface area contributed by atoms with Gasteiger partial charge in [0.1, 0.15) is 5.82 Å². The highest BCUT2D eigenvalue weighted by Crippen LogP contribution is 2.32. The Bertz CT molecular complexity index is 277. The largest absolute Gasteiger partial charge is 0.493 e. The van der Waals surface area contributed by atoms with Crippen molar-refractivity contribution in [3.05, 3.63) is 22.4 Å². The first-order valence-electron chi connectivity index (χ1n) is 2.94. The van der Waals surface area contributed by atoms with Crippen LogP contribution in [-0.2, 0) is 0 Å². The van der Waals surface area contributed by atoms with E-state index in [1.54, 1.807) is 0 Å². The number of rotatable bonds is 1. The summed E-state index contributed by atoms with van der Waals surface area (Å²) in [5.41, 5.74) is 5.90. The summed E-state index contributed by atoms with van der Waals surface area (Å²) >= 11 is 3.01. The molecule has 60 valence electrons. The van der Waals surface area contributed by atoms with Crippen molar-refractivity contribution in [3.8, 4) is 5.75 Å². The minimum atomic E-state index is -0.379. The Morgan fingerprint density at radius 1 is 1.55 bits per heavy atom. The van der Waals surface area contributed by atoms with Crippen LogP contribution in [0.5, 0.6) is 5.75 Å². The van der Waals surface area contributed by atoms with Crippen molar-refractivity contribution in [2.45, 2.75) is 0 Å². The SMILES string of the molecule is COc1c(N)ccc(F)c1Br. The lowest BCUT2D eigenvalue weighted by molar-refractivity contribution is 0.410. The fraction of sp³-hybridized carbons (Fsp3) is 0.143. The number of nitrogen functional groups attached to an aromatic ring is 1. The molecule has 0 atom stereocenters. The molecule has 0 bridgehead atoms. The Morgan fingerprint density at radius 3 is 2.64 bits per heavy atom. The van der Waals surface area contributed by atoms with Crippen LogP contribution in [0.4, 0.5) is 10.1 Å². The van der Waals surface area contributed by atoms with Gasteiger partial charge in [-0.2, -0.15) is 0 Å². The molecule has 1 rings (SSSR count). The van der Waals surface area contributed by atoms with Gasteiger partial charge in [-0.15, -0.1) is 0 Å². The molecule has 1 aromatic rings. The summed E-state index contributed by atoms with van der Waals surface area (Å²) in [6.07, 6.45) is 0. The number of hydrogen-bond donors (Lipinski definition) is 1. The summed E-state index contributed by atoms with van der Waals surface area (Å²) in [5, 5.41) is 0. The molecule has 0 aliphatic rings. The van der Waals surface area contributed by atoms with Gasteiger partial charge in [-0.05, 0) is 28.1 Å². The van der Waals surface area contributed by atoms with E-state index in [-0.39, 0.29) is 10.3 Å². The van der Waals surface area contributed by atoms with E-state index >= 15 is 0 Å². The minimum absolute atomic E-state index is 0.264. The smallest absolute Gasteiger partial charge is 0.158 e. The Labute approximate surface area is 72.3 Å². The minimum Gasteiger partial charge on any atom is -0.493 e. The summed E-state index contributed by atoms with van der Waals surface area (Å²) in [5.74, 6) is -0.0407. The summed E-state index contributed by atoms with van der Waals surface area (Å²) in [7, 11) is 1.44. The molecule has 0 aliphatic heterocycles. The first-order chi connectivity index (χ1) is 5.16. The van der Waals surface area contributed by atoms with Crippen molar-refractivity contribution in [2.24, 2.45) is 0 Å². The molecule has 0 saturated carbocycles. The molecule has 4 heteroatoms. The number of benzene rings is 1. The van der Waals surface area contributed by atoms with Crippen molar-refractivity contribution >= 4 is 21.6 Å². The second kappa shape index (κ2) is 3.09. The van der Waals surface area contributed by atoms with Crippen LogP contribution in [0.2, 0.25) is 0 Å². The van der Waals surface area contributed by atoms with Crippen molar-refractivity contribution in [1.29, 1.82) is 0 Å². The molecule has 0 unspecified atom stereocenters. The normalized spacial score (nSPS) is 9.73. The number of hydrogen-bond acceptors (Lipinski definition) is 2. The number of ether oxygens (including phenoxy) is 1. The number of halogens is 2. The van der Waals surface area contributed by atoms with Gasteiger partial charge in [0.25, 0.3) is 0 Å². The standard InChI is InChI=1S/C7H7BrFNO/c1-11-7-5(10)3-2-4(9)6(7)8/h2-3H,10H2,1H3. The molecule has 0 aromatic heterocycles. The second-order valence-electron chi connectivity index (χ2n) is 1.98. The molecular formula is C7H7BrFNO. The van der Waals surface area contributed by atoms with E-state index in [1.807, 2.05) is 0 Å². The molecule has 0 spiro atoms. The lowest BCUT2D eigenvalue weighted by Gasteiger charge is -2.06. The predicted molar refractivity (Wildman–Crippen MR) is 45.1 cm³/mol. The number of methoxy groups -OCH3 is 1. The van der Waals surface area contributed by atoms with Gasteiger partial charge < -0.3 is 10.5 Å². The first-order valence-corrected chi connectivity index (χ1v) is 3.73. The van der Waals surface area contributed by atoms with Gasteiger partial charge >= 0.3 is 0 Å². The lowest BCUT2D eigenvalue weighted by atomic mass is 10.3. The van der Waals surface area contributed by atoms with E-state index in [9.17, 15) is 4.39 Å². The highest BCUT2D eigenvalue weighted by Gasteiger charge is 2.08. The highest BCUT2D eigenvalue weighted by atomic mass is 79.9. The van der Waals surface area contributed by atoms with Crippen LogP contribution >= 0.6 is 15.9 Å². The van der Waals surface area contributed by atoms with E-state index in [0.717, 1.165) is 0 Å². The maximum atomic E-state index is 12.8. The number of anilines is 1. The monoisotopic (exact) mass is 219 g/mol. The van der Waals surface area contributed by atoms with Gasteiger partial charge in [0, 0.05) is 0 Å². The molecule has 0 fully saturated rings. The van der Waals surface area contributed by atoms with Crippen LogP contribution in [-0.4, -0.2) is 7.11 Å². The molecule has 0 amide bonds. The molecule has 2 N–H and O–H groups in total. The molecule has 0 aliphatic carbocycles. The van der Waals surface area contributed by atoms with E-state index in [0.29, 0.717) is 11.4 Å². The van der Waals surface area contributed by atoms with Crippen LogP contribution in [0.15, 0.2) is 16.6 Å².